The lowest BCUT2D eigenvalue weighted by molar-refractivity contribution is 0.660. The molecule has 0 fully saturated rings. The van der Waals surface area contributed by atoms with Gasteiger partial charge in [0.25, 0.3) is 0 Å². The third-order valence-corrected chi connectivity index (χ3v) is 20.7. The summed E-state index contributed by atoms with van der Waals surface area (Å²) in [6.45, 7) is 9.38. The molecule has 13 aromatic carbocycles. The molecular formula is C86H61N3O2. The molecule has 3 aliphatic rings. The van der Waals surface area contributed by atoms with Crippen LogP contribution in [0.3, 0.4) is 0 Å². The van der Waals surface area contributed by atoms with Crippen molar-refractivity contribution in [2.45, 2.75) is 51.4 Å². The highest BCUT2D eigenvalue weighted by Crippen LogP contribution is 2.68. The summed E-state index contributed by atoms with van der Waals surface area (Å²) >= 11 is 0. The van der Waals surface area contributed by atoms with Crippen LogP contribution in [-0.2, 0) is 23.7 Å². The fourth-order valence-electron chi connectivity index (χ4n) is 17.1. The van der Waals surface area contributed by atoms with Crippen molar-refractivity contribution in [1.82, 2.24) is 4.57 Å². The van der Waals surface area contributed by atoms with Crippen LogP contribution in [0.2, 0.25) is 0 Å². The molecule has 0 amide bonds. The third-order valence-electron chi connectivity index (χ3n) is 20.7. The fraction of sp³-hybridized carbons (Fsp3) is 0.0930. The largest absolute Gasteiger partial charge is 0.455 e. The number of rotatable bonds is 9. The zero-order valence-corrected chi connectivity index (χ0v) is 51.1. The molecule has 1 aliphatic heterocycles. The Balaban J connectivity index is 1.03. The average molecular weight is 1170 g/mol. The van der Waals surface area contributed by atoms with Crippen molar-refractivity contribution in [3.8, 4) is 39.1 Å². The number of aryl methyl sites for hydroxylation is 1. The van der Waals surface area contributed by atoms with E-state index in [1.165, 1.54) is 83.0 Å². The first-order valence-electron chi connectivity index (χ1n) is 32.1. The molecule has 0 saturated carbocycles. The molecule has 19 rings (SSSR count). The first-order valence-corrected chi connectivity index (χ1v) is 32.1. The number of anilines is 6. The summed E-state index contributed by atoms with van der Waals surface area (Å²) in [6, 6.07) is 102. The van der Waals surface area contributed by atoms with Crippen LogP contribution in [0.5, 0.6) is 0 Å². The molecule has 1 spiro atoms. The van der Waals surface area contributed by atoms with Crippen LogP contribution in [-0.4, -0.2) is 4.57 Å². The topological polar surface area (TPSA) is 37.7 Å². The highest BCUT2D eigenvalue weighted by molar-refractivity contribution is 6.27. The number of aromatic nitrogens is 1. The third kappa shape index (κ3) is 6.85. The Morgan fingerprint density at radius 1 is 0.374 bits per heavy atom. The van der Waals surface area contributed by atoms with E-state index >= 15 is 0 Å². The highest BCUT2D eigenvalue weighted by Gasteiger charge is 2.54. The average Bonchev–Trinajstić information content (AvgIpc) is 1.50. The second-order valence-corrected chi connectivity index (χ2v) is 25.4. The molecule has 0 N–H and O–H groups in total. The van der Waals surface area contributed by atoms with Crippen molar-refractivity contribution in [2.24, 2.45) is 0 Å². The molecule has 1 atom stereocenters. The van der Waals surface area contributed by atoms with Crippen molar-refractivity contribution in [1.29, 1.82) is 0 Å². The minimum Gasteiger partial charge on any atom is -0.455 e. The Kier molecular flexibility index (Phi) is 10.9. The summed E-state index contributed by atoms with van der Waals surface area (Å²) < 4.78 is 18.0. The van der Waals surface area contributed by atoms with E-state index in [9.17, 15) is 0 Å². The van der Waals surface area contributed by atoms with E-state index in [2.05, 4.69) is 315 Å². The minimum atomic E-state index is -0.970. The number of benzene rings is 13. The molecular weight excluding hydrogens is 1110 g/mol. The molecule has 91 heavy (non-hydrogen) atoms. The van der Waals surface area contributed by atoms with Gasteiger partial charge in [0.1, 0.15) is 16.7 Å². The number of para-hydroxylation sites is 7. The van der Waals surface area contributed by atoms with Crippen molar-refractivity contribution in [3.63, 3.8) is 0 Å². The van der Waals surface area contributed by atoms with Crippen molar-refractivity contribution < 1.29 is 8.83 Å². The van der Waals surface area contributed by atoms with Gasteiger partial charge in [-0.05, 0) is 152 Å². The Labute approximate surface area is 527 Å². The summed E-state index contributed by atoms with van der Waals surface area (Å²) in [5, 5.41) is 6.64. The number of hydrogen-bond acceptors (Lipinski definition) is 4. The summed E-state index contributed by atoms with van der Waals surface area (Å²) in [6.07, 6.45) is 1.73. The van der Waals surface area contributed by atoms with Gasteiger partial charge in [-0.25, -0.2) is 0 Å². The van der Waals surface area contributed by atoms with Crippen LogP contribution in [0.25, 0.3) is 105 Å². The van der Waals surface area contributed by atoms with E-state index in [0.717, 1.165) is 113 Å². The molecule has 0 bridgehead atoms. The first-order chi connectivity index (χ1) is 44.9. The second-order valence-electron chi connectivity index (χ2n) is 25.4. The van der Waals surface area contributed by atoms with Gasteiger partial charge < -0.3 is 23.2 Å². The normalized spacial score (nSPS) is 14.8. The van der Waals surface area contributed by atoms with Gasteiger partial charge >= 0.3 is 0 Å². The molecule has 2 aliphatic carbocycles. The fourth-order valence-corrected chi connectivity index (χ4v) is 17.1. The Bertz CT molecular complexity index is 5740. The molecule has 0 radical (unpaired) electrons. The Morgan fingerprint density at radius 3 is 1.66 bits per heavy atom. The van der Waals surface area contributed by atoms with Gasteiger partial charge in [-0.3, -0.25) is 0 Å². The van der Waals surface area contributed by atoms with Crippen LogP contribution in [0.15, 0.2) is 282 Å². The number of nitrogens with zero attached hydrogens (tertiary/aromatic N) is 3. The molecule has 5 heteroatoms. The van der Waals surface area contributed by atoms with E-state index in [-0.39, 0.29) is 5.41 Å². The minimum absolute atomic E-state index is 0.335. The van der Waals surface area contributed by atoms with Crippen LogP contribution in [0.4, 0.5) is 34.1 Å². The van der Waals surface area contributed by atoms with E-state index in [4.69, 9.17) is 8.83 Å². The maximum Gasteiger partial charge on any atom is 0.160 e. The predicted molar refractivity (Wildman–Crippen MR) is 377 cm³/mol. The maximum atomic E-state index is 7.80. The second kappa shape index (κ2) is 19.2. The zero-order valence-electron chi connectivity index (χ0n) is 51.1. The predicted octanol–water partition coefficient (Wildman–Crippen LogP) is 23.3. The van der Waals surface area contributed by atoms with Crippen LogP contribution in [0.1, 0.15) is 72.2 Å². The SMILES string of the molecule is CCc1ccccc1-c1cccc(N(c2ccccc2)c2cc3c(c4c2oc2ccccc24)-c2c(cc(N(c4ccccc4)c4cccc5c4C(C)(C)c4ccccc4-5)c4c2oc2ccccc24)C32c3ccccc3-n3c4ccccc4c4cccc2c43)c1CC. The summed E-state index contributed by atoms with van der Waals surface area (Å²) in [5.41, 5.74) is 29.0. The van der Waals surface area contributed by atoms with Gasteiger partial charge in [0.15, 0.2) is 5.58 Å². The lowest BCUT2D eigenvalue weighted by atomic mass is 9.65. The van der Waals surface area contributed by atoms with Crippen molar-refractivity contribution in [3.05, 3.63) is 317 Å². The number of furan rings is 2. The molecule has 16 aromatic rings. The van der Waals surface area contributed by atoms with E-state index in [0.29, 0.717) is 0 Å². The first kappa shape index (κ1) is 51.9. The van der Waals surface area contributed by atoms with Crippen LogP contribution >= 0.6 is 0 Å². The molecule has 4 heterocycles. The van der Waals surface area contributed by atoms with Gasteiger partial charge in [-0.1, -0.05) is 228 Å². The zero-order chi connectivity index (χ0) is 60.4. The summed E-state index contributed by atoms with van der Waals surface area (Å²) in [5.74, 6) is 0. The lowest BCUT2D eigenvalue weighted by Gasteiger charge is -2.40. The molecule has 0 saturated heterocycles. The molecule has 5 nitrogen and oxygen atoms in total. The van der Waals surface area contributed by atoms with E-state index < -0.39 is 5.41 Å². The molecule has 432 valence electrons. The molecule has 3 aromatic heterocycles. The monoisotopic (exact) mass is 1170 g/mol. The summed E-state index contributed by atoms with van der Waals surface area (Å²) in [7, 11) is 0. The number of fused-ring (bicyclic) bond motifs is 23. The van der Waals surface area contributed by atoms with Gasteiger partial charge in [-0.2, -0.15) is 0 Å². The van der Waals surface area contributed by atoms with Crippen LogP contribution in [0, 0.1) is 0 Å². The van der Waals surface area contributed by atoms with E-state index in [1.807, 2.05) is 0 Å². The maximum absolute atomic E-state index is 7.80. The van der Waals surface area contributed by atoms with Crippen molar-refractivity contribution in [2.75, 3.05) is 9.80 Å². The van der Waals surface area contributed by atoms with Gasteiger partial charge in [0, 0.05) is 54.8 Å². The van der Waals surface area contributed by atoms with Crippen LogP contribution < -0.4 is 9.80 Å². The summed E-state index contributed by atoms with van der Waals surface area (Å²) in [4.78, 5) is 5.08. The molecule has 1 unspecified atom stereocenters. The quantitative estimate of drug-likeness (QED) is 0.144. The van der Waals surface area contributed by atoms with Gasteiger partial charge in [0.2, 0.25) is 0 Å². The lowest BCUT2D eigenvalue weighted by Crippen LogP contribution is -2.34. The smallest absolute Gasteiger partial charge is 0.160 e. The Hall–Kier alpha value is -11.1. The van der Waals surface area contributed by atoms with Gasteiger partial charge in [-0.15, -0.1) is 0 Å². The highest BCUT2D eigenvalue weighted by atomic mass is 16.3. The van der Waals surface area contributed by atoms with Crippen molar-refractivity contribution >= 4 is 99.8 Å². The number of hydrogen-bond donors (Lipinski definition) is 0. The van der Waals surface area contributed by atoms with Gasteiger partial charge in [0.05, 0.1) is 50.3 Å². The van der Waals surface area contributed by atoms with E-state index in [1.54, 1.807) is 0 Å². The standard InChI is InChI=1S/C86H61N3O2/c1-5-52-28-13-14-33-56(52)57-38-26-46-69(55(57)6-2)87(53-29-9-7-10-30-53)74-51-67-79(78-63-37-18-24-49-76(63)90-83(74)78)80-68(86(67)65-42-20-22-45-71(65)89-70-44-21-16-35-59(70)61-40-25-43-66(86)82(61)89)50-73(77-62-36-17-23-48-75(62)91-84(77)80)88(54-31-11-8-12-32-54)72-47-27-39-60-58-34-15-19-41-64(58)85(3,4)81(60)72/h7-51H,5-6H2,1-4H3. The Morgan fingerprint density at radius 2 is 0.912 bits per heavy atom.